The zero-order valence-corrected chi connectivity index (χ0v) is 11.1. The molecule has 1 unspecified atom stereocenters. The zero-order valence-electron chi connectivity index (χ0n) is 11.1. The SMILES string of the molecule is CCN(CC(C)CN)c1ncnc(OC)c1C. The summed E-state index contributed by atoms with van der Waals surface area (Å²) in [5.41, 5.74) is 6.64. The Morgan fingerprint density at radius 2 is 2.18 bits per heavy atom. The van der Waals surface area contributed by atoms with E-state index in [2.05, 4.69) is 28.7 Å². The van der Waals surface area contributed by atoms with Crippen LogP contribution in [0, 0.1) is 12.8 Å². The molecule has 1 aromatic rings. The second kappa shape index (κ2) is 6.39. The molecular weight excluding hydrogens is 216 g/mol. The summed E-state index contributed by atoms with van der Waals surface area (Å²) in [6.07, 6.45) is 1.54. The Morgan fingerprint density at radius 1 is 1.47 bits per heavy atom. The van der Waals surface area contributed by atoms with E-state index in [1.165, 1.54) is 6.33 Å². The van der Waals surface area contributed by atoms with E-state index in [1.807, 2.05) is 6.92 Å². The summed E-state index contributed by atoms with van der Waals surface area (Å²) in [6, 6.07) is 0. The fourth-order valence-corrected chi connectivity index (χ4v) is 1.77. The molecule has 17 heavy (non-hydrogen) atoms. The predicted molar refractivity (Wildman–Crippen MR) is 69.4 cm³/mol. The highest BCUT2D eigenvalue weighted by Crippen LogP contribution is 2.23. The summed E-state index contributed by atoms with van der Waals surface area (Å²) in [4.78, 5) is 10.6. The molecule has 0 aliphatic heterocycles. The van der Waals surface area contributed by atoms with Gasteiger partial charge in [0.25, 0.3) is 0 Å². The highest BCUT2D eigenvalue weighted by molar-refractivity contribution is 5.50. The number of hydrogen-bond donors (Lipinski definition) is 1. The van der Waals surface area contributed by atoms with Crippen LogP contribution in [0.1, 0.15) is 19.4 Å². The molecule has 5 nitrogen and oxygen atoms in total. The number of anilines is 1. The molecule has 0 spiro atoms. The molecule has 96 valence electrons. The fraction of sp³-hybridized carbons (Fsp3) is 0.667. The maximum absolute atomic E-state index is 5.66. The lowest BCUT2D eigenvalue weighted by Gasteiger charge is -2.26. The van der Waals surface area contributed by atoms with Gasteiger partial charge in [-0.15, -0.1) is 0 Å². The quantitative estimate of drug-likeness (QED) is 0.807. The number of hydrogen-bond acceptors (Lipinski definition) is 5. The Balaban J connectivity index is 2.95. The summed E-state index contributed by atoms with van der Waals surface area (Å²) >= 11 is 0. The van der Waals surface area contributed by atoms with Crippen molar-refractivity contribution in [3.63, 3.8) is 0 Å². The average Bonchev–Trinajstić information content (AvgIpc) is 2.36. The highest BCUT2D eigenvalue weighted by atomic mass is 16.5. The summed E-state index contributed by atoms with van der Waals surface area (Å²) in [5, 5.41) is 0. The first kappa shape index (κ1) is 13.7. The summed E-state index contributed by atoms with van der Waals surface area (Å²) in [5.74, 6) is 2.00. The minimum absolute atomic E-state index is 0.440. The molecule has 1 atom stereocenters. The van der Waals surface area contributed by atoms with Gasteiger partial charge in [0.2, 0.25) is 5.88 Å². The molecule has 1 heterocycles. The first-order valence-corrected chi connectivity index (χ1v) is 5.94. The Morgan fingerprint density at radius 3 is 2.71 bits per heavy atom. The standard InChI is InChI=1S/C12H22N4O/c1-5-16(7-9(2)6-13)11-10(3)12(17-4)15-8-14-11/h8-9H,5-7,13H2,1-4H3. The average molecular weight is 238 g/mol. The maximum atomic E-state index is 5.66. The van der Waals surface area contributed by atoms with Gasteiger partial charge in [-0.3, -0.25) is 0 Å². The van der Waals surface area contributed by atoms with Gasteiger partial charge in [0.05, 0.1) is 12.7 Å². The van der Waals surface area contributed by atoms with Gasteiger partial charge in [-0.2, -0.15) is 0 Å². The first-order chi connectivity index (χ1) is 8.13. The maximum Gasteiger partial charge on any atom is 0.221 e. The first-order valence-electron chi connectivity index (χ1n) is 5.94. The molecule has 5 heteroatoms. The van der Waals surface area contributed by atoms with Crippen LogP contribution >= 0.6 is 0 Å². The van der Waals surface area contributed by atoms with Crippen molar-refractivity contribution in [2.24, 2.45) is 11.7 Å². The van der Waals surface area contributed by atoms with Crippen molar-refractivity contribution in [3.8, 4) is 5.88 Å². The molecule has 2 N–H and O–H groups in total. The lowest BCUT2D eigenvalue weighted by Crippen LogP contribution is -2.32. The van der Waals surface area contributed by atoms with E-state index in [-0.39, 0.29) is 0 Å². The third-order valence-electron chi connectivity index (χ3n) is 2.82. The van der Waals surface area contributed by atoms with Crippen LogP contribution in [0.15, 0.2) is 6.33 Å². The van der Waals surface area contributed by atoms with Crippen LogP contribution in [0.25, 0.3) is 0 Å². The third kappa shape index (κ3) is 3.30. The monoisotopic (exact) mass is 238 g/mol. The lowest BCUT2D eigenvalue weighted by atomic mass is 10.1. The van der Waals surface area contributed by atoms with Crippen molar-refractivity contribution in [2.45, 2.75) is 20.8 Å². The van der Waals surface area contributed by atoms with Crippen molar-refractivity contribution < 1.29 is 4.74 Å². The second-order valence-electron chi connectivity index (χ2n) is 4.21. The Kier molecular flexibility index (Phi) is 5.15. The Labute approximate surface area is 103 Å². The van der Waals surface area contributed by atoms with E-state index in [0.717, 1.165) is 24.5 Å². The van der Waals surface area contributed by atoms with Gasteiger partial charge in [-0.25, -0.2) is 9.97 Å². The van der Waals surface area contributed by atoms with Crippen molar-refractivity contribution in [3.05, 3.63) is 11.9 Å². The van der Waals surface area contributed by atoms with Crippen LogP contribution in [0.5, 0.6) is 5.88 Å². The Bertz CT molecular complexity index is 356. The lowest BCUT2D eigenvalue weighted by molar-refractivity contribution is 0.393. The molecule has 0 fully saturated rings. The van der Waals surface area contributed by atoms with Crippen molar-refractivity contribution in [1.29, 1.82) is 0 Å². The zero-order chi connectivity index (χ0) is 12.8. The van der Waals surface area contributed by atoms with Gasteiger partial charge in [-0.1, -0.05) is 6.92 Å². The molecule has 1 aromatic heterocycles. The number of ether oxygens (including phenoxy) is 1. The molecule has 0 aliphatic carbocycles. The fourth-order valence-electron chi connectivity index (χ4n) is 1.77. The van der Waals surface area contributed by atoms with E-state index in [1.54, 1.807) is 7.11 Å². The van der Waals surface area contributed by atoms with Crippen LogP contribution in [0.2, 0.25) is 0 Å². The molecule has 0 aromatic carbocycles. The summed E-state index contributed by atoms with van der Waals surface area (Å²) < 4.78 is 5.21. The van der Waals surface area contributed by atoms with Crippen LogP contribution in [-0.2, 0) is 0 Å². The van der Waals surface area contributed by atoms with E-state index in [0.29, 0.717) is 18.3 Å². The van der Waals surface area contributed by atoms with Crippen molar-refractivity contribution in [1.82, 2.24) is 9.97 Å². The minimum Gasteiger partial charge on any atom is -0.481 e. The van der Waals surface area contributed by atoms with Gasteiger partial charge in [0, 0.05) is 13.1 Å². The molecule has 0 amide bonds. The minimum atomic E-state index is 0.440. The van der Waals surface area contributed by atoms with Gasteiger partial charge in [-0.05, 0) is 26.3 Å². The Hall–Kier alpha value is -1.36. The number of methoxy groups -OCH3 is 1. The molecule has 0 saturated heterocycles. The third-order valence-corrected chi connectivity index (χ3v) is 2.82. The predicted octanol–water partition coefficient (Wildman–Crippen LogP) is 1.21. The number of rotatable bonds is 6. The summed E-state index contributed by atoms with van der Waals surface area (Å²) in [6.45, 7) is 8.69. The van der Waals surface area contributed by atoms with Gasteiger partial charge < -0.3 is 15.4 Å². The molecule has 0 radical (unpaired) electrons. The number of nitrogens with two attached hydrogens (primary N) is 1. The molecular formula is C12H22N4O. The van der Waals surface area contributed by atoms with E-state index in [4.69, 9.17) is 10.5 Å². The van der Waals surface area contributed by atoms with Crippen LogP contribution in [-0.4, -0.2) is 36.7 Å². The molecule has 0 aliphatic rings. The number of aromatic nitrogens is 2. The number of nitrogens with zero attached hydrogens (tertiary/aromatic N) is 3. The smallest absolute Gasteiger partial charge is 0.221 e. The van der Waals surface area contributed by atoms with Crippen LogP contribution < -0.4 is 15.4 Å². The van der Waals surface area contributed by atoms with E-state index < -0.39 is 0 Å². The highest BCUT2D eigenvalue weighted by Gasteiger charge is 2.15. The normalized spacial score (nSPS) is 12.3. The largest absolute Gasteiger partial charge is 0.481 e. The molecule has 0 bridgehead atoms. The molecule has 0 saturated carbocycles. The van der Waals surface area contributed by atoms with Crippen molar-refractivity contribution >= 4 is 5.82 Å². The van der Waals surface area contributed by atoms with Gasteiger partial charge in [0.1, 0.15) is 12.1 Å². The van der Waals surface area contributed by atoms with E-state index in [9.17, 15) is 0 Å². The van der Waals surface area contributed by atoms with Gasteiger partial charge >= 0.3 is 0 Å². The molecule has 1 rings (SSSR count). The van der Waals surface area contributed by atoms with Crippen molar-refractivity contribution in [2.75, 3.05) is 31.6 Å². The second-order valence-corrected chi connectivity index (χ2v) is 4.21. The van der Waals surface area contributed by atoms with Crippen LogP contribution in [0.3, 0.4) is 0 Å². The van der Waals surface area contributed by atoms with Crippen LogP contribution in [0.4, 0.5) is 5.82 Å². The van der Waals surface area contributed by atoms with E-state index >= 15 is 0 Å². The summed E-state index contributed by atoms with van der Waals surface area (Å²) in [7, 11) is 1.62. The topological polar surface area (TPSA) is 64.3 Å². The van der Waals surface area contributed by atoms with Gasteiger partial charge in [0.15, 0.2) is 0 Å².